The summed E-state index contributed by atoms with van der Waals surface area (Å²) in [5, 5.41) is 7.21. The zero-order valence-electron chi connectivity index (χ0n) is 10.00. The standard InChI is InChI=1S/C11H24N4/c1-3-15(4-2)10-5-7-14(9-10)8-6-11(12)13/h10H,3-9H2,1-2H3,(H3,12,13). The quantitative estimate of drug-likeness (QED) is 0.504. The third kappa shape index (κ3) is 3.80. The van der Waals surface area contributed by atoms with Gasteiger partial charge in [0.2, 0.25) is 0 Å². The Balaban J connectivity index is 2.28. The number of amidine groups is 1. The highest BCUT2D eigenvalue weighted by molar-refractivity contribution is 5.76. The summed E-state index contributed by atoms with van der Waals surface area (Å²) in [7, 11) is 0. The second-order valence-corrected chi connectivity index (χ2v) is 4.24. The molecule has 4 heteroatoms. The van der Waals surface area contributed by atoms with E-state index in [-0.39, 0.29) is 0 Å². The van der Waals surface area contributed by atoms with Gasteiger partial charge in [-0.2, -0.15) is 0 Å². The van der Waals surface area contributed by atoms with Gasteiger partial charge in [-0.3, -0.25) is 10.3 Å². The second-order valence-electron chi connectivity index (χ2n) is 4.24. The van der Waals surface area contributed by atoms with E-state index in [1.54, 1.807) is 0 Å². The van der Waals surface area contributed by atoms with E-state index < -0.39 is 0 Å². The van der Waals surface area contributed by atoms with Crippen molar-refractivity contribution in [2.24, 2.45) is 5.73 Å². The molecule has 0 amide bonds. The van der Waals surface area contributed by atoms with Crippen LogP contribution in [0.15, 0.2) is 0 Å². The first-order valence-corrected chi connectivity index (χ1v) is 5.96. The van der Waals surface area contributed by atoms with Crippen molar-refractivity contribution in [3.8, 4) is 0 Å². The van der Waals surface area contributed by atoms with Crippen LogP contribution in [-0.4, -0.2) is 54.4 Å². The number of hydrogen-bond donors (Lipinski definition) is 2. The average Bonchev–Trinajstić information content (AvgIpc) is 2.65. The molecular formula is C11H24N4. The van der Waals surface area contributed by atoms with E-state index in [2.05, 4.69) is 23.6 Å². The summed E-state index contributed by atoms with van der Waals surface area (Å²) in [6.45, 7) is 9.99. The Bertz CT molecular complexity index is 201. The van der Waals surface area contributed by atoms with E-state index in [1.165, 1.54) is 6.42 Å². The lowest BCUT2D eigenvalue weighted by molar-refractivity contribution is 0.212. The summed E-state index contributed by atoms with van der Waals surface area (Å²) >= 11 is 0. The van der Waals surface area contributed by atoms with Crippen molar-refractivity contribution in [1.29, 1.82) is 5.41 Å². The summed E-state index contributed by atoms with van der Waals surface area (Å²) in [4.78, 5) is 4.94. The lowest BCUT2D eigenvalue weighted by Crippen LogP contribution is -2.37. The Hall–Kier alpha value is -0.610. The lowest BCUT2D eigenvalue weighted by Gasteiger charge is -2.26. The molecule has 1 aliphatic heterocycles. The normalized spacial score (nSPS) is 22.5. The Morgan fingerprint density at radius 3 is 2.67 bits per heavy atom. The topological polar surface area (TPSA) is 56.4 Å². The van der Waals surface area contributed by atoms with Crippen molar-refractivity contribution in [2.45, 2.75) is 32.7 Å². The van der Waals surface area contributed by atoms with Gasteiger partial charge >= 0.3 is 0 Å². The van der Waals surface area contributed by atoms with Gasteiger partial charge in [0, 0.05) is 25.6 Å². The molecule has 15 heavy (non-hydrogen) atoms. The van der Waals surface area contributed by atoms with Crippen molar-refractivity contribution >= 4 is 5.84 Å². The largest absolute Gasteiger partial charge is 0.388 e. The third-order valence-electron chi connectivity index (χ3n) is 3.27. The summed E-state index contributed by atoms with van der Waals surface area (Å²) in [6, 6.07) is 0.715. The van der Waals surface area contributed by atoms with Crippen molar-refractivity contribution in [2.75, 3.05) is 32.7 Å². The predicted molar refractivity (Wildman–Crippen MR) is 64.3 cm³/mol. The van der Waals surface area contributed by atoms with Crippen LogP contribution in [0.25, 0.3) is 0 Å². The highest BCUT2D eigenvalue weighted by Crippen LogP contribution is 2.15. The summed E-state index contributed by atoms with van der Waals surface area (Å²) in [6.07, 6.45) is 1.98. The van der Waals surface area contributed by atoms with Crippen LogP contribution in [0, 0.1) is 5.41 Å². The van der Waals surface area contributed by atoms with Gasteiger partial charge in [0.05, 0.1) is 5.84 Å². The number of likely N-dealkylation sites (N-methyl/N-ethyl adjacent to an activating group) is 1. The molecule has 1 atom stereocenters. The highest BCUT2D eigenvalue weighted by Gasteiger charge is 2.25. The molecule has 1 fully saturated rings. The first-order chi connectivity index (χ1) is 7.17. The Morgan fingerprint density at radius 1 is 1.47 bits per heavy atom. The maximum atomic E-state index is 7.21. The van der Waals surface area contributed by atoms with Gasteiger partial charge in [-0.15, -0.1) is 0 Å². The molecule has 1 heterocycles. The number of nitrogens with one attached hydrogen (secondary N) is 1. The molecule has 0 spiro atoms. The van der Waals surface area contributed by atoms with Crippen molar-refractivity contribution in [3.05, 3.63) is 0 Å². The minimum Gasteiger partial charge on any atom is -0.388 e. The minimum absolute atomic E-state index is 0.307. The predicted octanol–water partition coefficient (Wildman–Crippen LogP) is 0.729. The van der Waals surface area contributed by atoms with Crippen LogP contribution in [0.3, 0.4) is 0 Å². The smallest absolute Gasteiger partial charge is 0.0918 e. The average molecular weight is 212 g/mol. The Kier molecular flexibility index (Phi) is 5.05. The number of rotatable bonds is 6. The molecule has 88 valence electrons. The van der Waals surface area contributed by atoms with E-state index in [0.717, 1.165) is 32.7 Å². The molecule has 3 N–H and O–H groups in total. The highest BCUT2D eigenvalue weighted by atomic mass is 15.2. The maximum Gasteiger partial charge on any atom is 0.0918 e. The van der Waals surface area contributed by atoms with Gasteiger partial charge in [0.1, 0.15) is 0 Å². The van der Waals surface area contributed by atoms with Crippen LogP contribution >= 0.6 is 0 Å². The van der Waals surface area contributed by atoms with E-state index in [9.17, 15) is 0 Å². The summed E-state index contributed by atoms with van der Waals surface area (Å²) in [5.41, 5.74) is 5.36. The first kappa shape index (κ1) is 12.5. The van der Waals surface area contributed by atoms with Gasteiger partial charge < -0.3 is 10.6 Å². The molecule has 0 aromatic rings. The fourth-order valence-corrected chi connectivity index (χ4v) is 2.33. The fraction of sp³-hybridized carbons (Fsp3) is 0.909. The van der Waals surface area contributed by atoms with Gasteiger partial charge in [-0.1, -0.05) is 13.8 Å². The van der Waals surface area contributed by atoms with Crippen LogP contribution in [0.4, 0.5) is 0 Å². The molecule has 0 radical (unpaired) electrons. The molecular weight excluding hydrogens is 188 g/mol. The van der Waals surface area contributed by atoms with Crippen LogP contribution in [-0.2, 0) is 0 Å². The zero-order valence-corrected chi connectivity index (χ0v) is 10.00. The van der Waals surface area contributed by atoms with Crippen molar-refractivity contribution in [1.82, 2.24) is 9.80 Å². The van der Waals surface area contributed by atoms with Gasteiger partial charge in [-0.05, 0) is 26.1 Å². The molecule has 1 saturated heterocycles. The monoisotopic (exact) mass is 212 g/mol. The Labute approximate surface area is 92.9 Å². The summed E-state index contributed by atoms with van der Waals surface area (Å²) < 4.78 is 0. The fourth-order valence-electron chi connectivity index (χ4n) is 2.33. The molecule has 0 aromatic carbocycles. The number of likely N-dealkylation sites (tertiary alicyclic amines) is 1. The van der Waals surface area contributed by atoms with E-state index in [4.69, 9.17) is 11.1 Å². The van der Waals surface area contributed by atoms with E-state index in [0.29, 0.717) is 18.3 Å². The Morgan fingerprint density at radius 2 is 2.13 bits per heavy atom. The molecule has 1 unspecified atom stereocenters. The first-order valence-electron chi connectivity index (χ1n) is 5.96. The van der Waals surface area contributed by atoms with Gasteiger partial charge in [0.15, 0.2) is 0 Å². The minimum atomic E-state index is 0.307. The summed E-state index contributed by atoms with van der Waals surface area (Å²) in [5.74, 6) is 0.307. The molecule has 0 saturated carbocycles. The number of nitrogens with two attached hydrogens (primary N) is 1. The maximum absolute atomic E-state index is 7.21. The van der Waals surface area contributed by atoms with Crippen LogP contribution in [0.1, 0.15) is 26.7 Å². The molecule has 1 rings (SSSR count). The van der Waals surface area contributed by atoms with Crippen molar-refractivity contribution in [3.63, 3.8) is 0 Å². The van der Waals surface area contributed by atoms with E-state index >= 15 is 0 Å². The van der Waals surface area contributed by atoms with Crippen molar-refractivity contribution < 1.29 is 0 Å². The van der Waals surface area contributed by atoms with Crippen LogP contribution in [0.2, 0.25) is 0 Å². The second kappa shape index (κ2) is 6.08. The third-order valence-corrected chi connectivity index (χ3v) is 3.27. The van der Waals surface area contributed by atoms with Gasteiger partial charge in [-0.25, -0.2) is 0 Å². The number of hydrogen-bond acceptors (Lipinski definition) is 3. The molecule has 1 aliphatic rings. The molecule has 4 nitrogen and oxygen atoms in total. The molecule has 0 bridgehead atoms. The van der Waals surface area contributed by atoms with Crippen LogP contribution in [0.5, 0.6) is 0 Å². The molecule has 0 aliphatic carbocycles. The lowest BCUT2D eigenvalue weighted by atomic mass is 10.2. The molecule has 0 aromatic heterocycles. The number of nitrogens with zero attached hydrogens (tertiary/aromatic N) is 2. The SMILES string of the molecule is CCN(CC)C1CCN(CCC(=N)N)C1. The zero-order chi connectivity index (χ0) is 11.3. The van der Waals surface area contributed by atoms with Gasteiger partial charge in [0.25, 0.3) is 0 Å². The van der Waals surface area contributed by atoms with Crippen LogP contribution < -0.4 is 5.73 Å². The van der Waals surface area contributed by atoms with E-state index in [1.807, 2.05) is 0 Å².